The highest BCUT2D eigenvalue weighted by molar-refractivity contribution is 7.91. The smallest absolute Gasteiger partial charge is 0.251 e. The fourth-order valence-electron chi connectivity index (χ4n) is 2.45. The molecule has 1 heterocycles. The SMILES string of the molecule is O=C(NCCS(=O)(=O)c1ccccc1)c1cc(F)cc(-c2ccco2)c1. The average Bonchev–Trinajstić information content (AvgIpc) is 3.16. The number of amides is 1. The molecule has 1 aromatic heterocycles. The Balaban J connectivity index is 1.67. The van der Waals surface area contributed by atoms with Crippen molar-refractivity contribution in [1.29, 1.82) is 0 Å². The van der Waals surface area contributed by atoms with E-state index in [9.17, 15) is 17.6 Å². The Kier molecular flexibility index (Phi) is 5.18. The molecule has 1 N–H and O–H groups in total. The predicted octanol–water partition coefficient (Wildman–Crippen LogP) is 3.29. The molecule has 0 spiro atoms. The van der Waals surface area contributed by atoms with Crippen LogP contribution < -0.4 is 5.32 Å². The van der Waals surface area contributed by atoms with Crippen LogP contribution in [0.25, 0.3) is 11.3 Å². The molecule has 0 bridgehead atoms. The van der Waals surface area contributed by atoms with E-state index in [1.165, 1.54) is 30.5 Å². The Morgan fingerprint density at radius 2 is 1.81 bits per heavy atom. The van der Waals surface area contributed by atoms with E-state index in [-0.39, 0.29) is 22.8 Å². The van der Waals surface area contributed by atoms with Gasteiger partial charge in [-0.05, 0) is 42.5 Å². The molecule has 0 aliphatic rings. The lowest BCUT2D eigenvalue weighted by molar-refractivity contribution is 0.0955. The van der Waals surface area contributed by atoms with E-state index in [1.54, 1.807) is 30.3 Å². The van der Waals surface area contributed by atoms with Crippen molar-refractivity contribution in [1.82, 2.24) is 5.32 Å². The molecular weight excluding hydrogens is 357 g/mol. The number of sulfone groups is 1. The van der Waals surface area contributed by atoms with Gasteiger partial charge in [-0.25, -0.2) is 12.8 Å². The molecule has 0 aliphatic carbocycles. The van der Waals surface area contributed by atoms with Gasteiger partial charge < -0.3 is 9.73 Å². The van der Waals surface area contributed by atoms with Crippen LogP contribution in [-0.2, 0) is 9.84 Å². The van der Waals surface area contributed by atoms with Gasteiger partial charge in [0.15, 0.2) is 9.84 Å². The lowest BCUT2D eigenvalue weighted by Gasteiger charge is -2.08. The number of rotatable bonds is 6. The van der Waals surface area contributed by atoms with Gasteiger partial charge >= 0.3 is 0 Å². The average molecular weight is 373 g/mol. The number of furan rings is 1. The first-order chi connectivity index (χ1) is 12.5. The highest BCUT2D eigenvalue weighted by Gasteiger charge is 2.15. The summed E-state index contributed by atoms with van der Waals surface area (Å²) in [5.41, 5.74) is 0.519. The minimum Gasteiger partial charge on any atom is -0.464 e. The van der Waals surface area contributed by atoms with Gasteiger partial charge in [-0.2, -0.15) is 0 Å². The largest absolute Gasteiger partial charge is 0.464 e. The summed E-state index contributed by atoms with van der Waals surface area (Å²) in [6, 6.07) is 15.1. The lowest BCUT2D eigenvalue weighted by Crippen LogP contribution is -2.29. The van der Waals surface area contributed by atoms with E-state index in [0.29, 0.717) is 11.3 Å². The van der Waals surface area contributed by atoms with Crippen LogP contribution in [-0.4, -0.2) is 26.6 Å². The minimum absolute atomic E-state index is 0.0807. The van der Waals surface area contributed by atoms with Crippen molar-refractivity contribution in [3.8, 4) is 11.3 Å². The van der Waals surface area contributed by atoms with Crippen molar-refractivity contribution in [2.24, 2.45) is 0 Å². The van der Waals surface area contributed by atoms with E-state index in [4.69, 9.17) is 4.42 Å². The Morgan fingerprint density at radius 3 is 2.50 bits per heavy atom. The van der Waals surface area contributed by atoms with Crippen LogP contribution in [0.5, 0.6) is 0 Å². The Labute approximate surface area is 150 Å². The molecule has 3 aromatic rings. The van der Waals surface area contributed by atoms with Crippen LogP contribution in [0.15, 0.2) is 76.2 Å². The zero-order chi connectivity index (χ0) is 18.6. The van der Waals surface area contributed by atoms with Crippen LogP contribution in [0, 0.1) is 5.82 Å². The van der Waals surface area contributed by atoms with Gasteiger partial charge in [0, 0.05) is 17.7 Å². The number of carbonyl (C=O) groups is 1. The first-order valence-corrected chi connectivity index (χ1v) is 9.51. The summed E-state index contributed by atoms with van der Waals surface area (Å²) < 4.78 is 43.4. The van der Waals surface area contributed by atoms with E-state index < -0.39 is 21.6 Å². The van der Waals surface area contributed by atoms with E-state index in [0.717, 1.165) is 6.07 Å². The Hall–Kier alpha value is -2.93. The summed E-state index contributed by atoms with van der Waals surface area (Å²) in [4.78, 5) is 12.4. The third kappa shape index (κ3) is 4.18. The highest BCUT2D eigenvalue weighted by Crippen LogP contribution is 2.22. The summed E-state index contributed by atoms with van der Waals surface area (Å²) in [7, 11) is -3.49. The van der Waals surface area contributed by atoms with Crippen molar-refractivity contribution in [2.75, 3.05) is 12.3 Å². The fourth-order valence-corrected chi connectivity index (χ4v) is 3.63. The molecule has 2 aromatic carbocycles. The number of hydrogen-bond acceptors (Lipinski definition) is 4. The maximum atomic E-state index is 13.8. The molecule has 1 amide bonds. The first-order valence-electron chi connectivity index (χ1n) is 7.86. The van der Waals surface area contributed by atoms with Crippen LogP contribution in [0.3, 0.4) is 0 Å². The molecular formula is C19H16FNO4S. The molecule has 134 valence electrons. The molecule has 0 saturated carbocycles. The van der Waals surface area contributed by atoms with Crippen molar-refractivity contribution in [3.63, 3.8) is 0 Å². The van der Waals surface area contributed by atoms with Crippen molar-refractivity contribution in [3.05, 3.63) is 78.3 Å². The number of nitrogens with one attached hydrogen (secondary N) is 1. The van der Waals surface area contributed by atoms with Crippen molar-refractivity contribution in [2.45, 2.75) is 4.90 Å². The summed E-state index contributed by atoms with van der Waals surface area (Å²) in [6.45, 7) is -0.0807. The maximum Gasteiger partial charge on any atom is 0.251 e. The zero-order valence-corrected chi connectivity index (χ0v) is 14.5. The summed E-state index contributed by atoms with van der Waals surface area (Å²) >= 11 is 0. The molecule has 7 heteroatoms. The normalized spacial score (nSPS) is 11.3. The Bertz CT molecular complexity index is 999. The van der Waals surface area contributed by atoms with Gasteiger partial charge in [0.25, 0.3) is 5.91 Å². The fraction of sp³-hybridized carbons (Fsp3) is 0.105. The topological polar surface area (TPSA) is 76.4 Å². The van der Waals surface area contributed by atoms with Gasteiger partial charge in [-0.1, -0.05) is 18.2 Å². The summed E-state index contributed by atoms with van der Waals surface area (Å²) in [5.74, 6) is -0.949. The standard InChI is InChI=1S/C19H16FNO4S/c20-16-12-14(18-7-4-9-25-18)11-15(13-16)19(22)21-8-10-26(23,24)17-5-2-1-3-6-17/h1-7,9,11-13H,8,10H2,(H,21,22). The summed E-state index contributed by atoms with van der Waals surface area (Å²) in [6.07, 6.45) is 1.45. The van der Waals surface area contributed by atoms with Crippen molar-refractivity contribution >= 4 is 15.7 Å². The second kappa shape index (κ2) is 7.53. The van der Waals surface area contributed by atoms with Gasteiger partial charge in [-0.15, -0.1) is 0 Å². The molecule has 5 nitrogen and oxygen atoms in total. The zero-order valence-electron chi connectivity index (χ0n) is 13.7. The number of benzene rings is 2. The maximum absolute atomic E-state index is 13.8. The quantitative estimate of drug-likeness (QED) is 0.719. The van der Waals surface area contributed by atoms with Crippen molar-refractivity contribution < 1.29 is 22.0 Å². The number of halogens is 1. The van der Waals surface area contributed by atoms with E-state index in [2.05, 4.69) is 5.32 Å². The summed E-state index contributed by atoms with van der Waals surface area (Å²) in [5, 5.41) is 2.51. The molecule has 0 saturated heterocycles. The van der Waals surface area contributed by atoms with Gasteiger partial charge in [0.1, 0.15) is 11.6 Å². The van der Waals surface area contributed by atoms with E-state index in [1.807, 2.05) is 0 Å². The third-order valence-electron chi connectivity index (χ3n) is 3.72. The molecule has 0 radical (unpaired) electrons. The second-order valence-corrected chi connectivity index (χ2v) is 7.70. The number of carbonyl (C=O) groups excluding carboxylic acids is 1. The van der Waals surface area contributed by atoms with Crippen LogP contribution in [0.2, 0.25) is 0 Å². The van der Waals surface area contributed by atoms with Gasteiger partial charge in [0.2, 0.25) is 0 Å². The Morgan fingerprint density at radius 1 is 1.04 bits per heavy atom. The second-order valence-electron chi connectivity index (χ2n) is 5.59. The van der Waals surface area contributed by atoms with Gasteiger partial charge in [0.05, 0.1) is 16.9 Å². The van der Waals surface area contributed by atoms with E-state index >= 15 is 0 Å². The molecule has 3 rings (SSSR count). The molecule has 0 aliphatic heterocycles. The third-order valence-corrected chi connectivity index (χ3v) is 5.46. The van der Waals surface area contributed by atoms with Crippen LogP contribution in [0.4, 0.5) is 4.39 Å². The molecule has 0 unspecified atom stereocenters. The molecule has 26 heavy (non-hydrogen) atoms. The monoisotopic (exact) mass is 373 g/mol. The molecule has 0 atom stereocenters. The predicted molar refractivity (Wildman–Crippen MR) is 94.9 cm³/mol. The highest BCUT2D eigenvalue weighted by atomic mass is 32.2. The first kappa shape index (κ1) is 17.9. The van der Waals surface area contributed by atoms with Gasteiger partial charge in [-0.3, -0.25) is 4.79 Å². The minimum atomic E-state index is -3.49. The van der Waals surface area contributed by atoms with Crippen LogP contribution in [0.1, 0.15) is 10.4 Å². The lowest BCUT2D eigenvalue weighted by atomic mass is 10.1. The molecule has 0 fully saturated rings. The van der Waals surface area contributed by atoms with Crippen LogP contribution >= 0.6 is 0 Å². The number of hydrogen-bond donors (Lipinski definition) is 1.